The van der Waals surface area contributed by atoms with Gasteiger partial charge in [-0.1, -0.05) is 115 Å². The van der Waals surface area contributed by atoms with Gasteiger partial charge in [0.1, 0.15) is 12.7 Å². The van der Waals surface area contributed by atoms with Crippen LogP contribution in [0.3, 0.4) is 0 Å². The number of allylic oxidation sites excluding steroid dienone is 6. The number of phosphoric ester groups is 1. The molecule has 0 rings (SSSR count). The fourth-order valence-electron chi connectivity index (χ4n) is 4.70. The summed E-state index contributed by atoms with van der Waals surface area (Å²) in [6.07, 6.45) is 35.0. The zero-order chi connectivity index (χ0) is 34.7. The number of ether oxygens (including phenoxy) is 1. The highest BCUT2D eigenvalue weighted by Gasteiger charge is 2.23. The molecule has 0 aliphatic heterocycles. The molecule has 9 nitrogen and oxygen atoms in total. The third-order valence-electron chi connectivity index (χ3n) is 7.52. The van der Waals surface area contributed by atoms with E-state index in [2.05, 4.69) is 55.6 Å². The van der Waals surface area contributed by atoms with Crippen molar-refractivity contribution in [3.63, 3.8) is 0 Å². The second-order valence-electron chi connectivity index (χ2n) is 12.2. The minimum Gasteiger partial charge on any atom is -0.463 e. The molecule has 3 N–H and O–H groups in total. The molecule has 0 saturated heterocycles. The van der Waals surface area contributed by atoms with Gasteiger partial charge in [-0.3, -0.25) is 18.6 Å². The average molecular weight is 686 g/mol. The number of aliphatic hydroxyl groups excluding tert-OH is 1. The highest BCUT2D eigenvalue weighted by molar-refractivity contribution is 7.47. The molecule has 0 heterocycles. The van der Waals surface area contributed by atoms with Gasteiger partial charge in [-0.2, -0.15) is 0 Å². The number of unbranched alkanes of at least 4 members (excludes halogenated alkanes) is 15. The summed E-state index contributed by atoms with van der Waals surface area (Å²) >= 11 is 0. The Morgan fingerprint density at radius 2 is 1.19 bits per heavy atom. The van der Waals surface area contributed by atoms with Crippen molar-refractivity contribution in [2.24, 2.45) is 0 Å². The van der Waals surface area contributed by atoms with Crippen molar-refractivity contribution in [2.75, 3.05) is 26.4 Å². The fraction of sp³-hybridized carbons (Fsp3) is 0.784. The second kappa shape index (κ2) is 34.1. The number of nitrogens with one attached hydrogen (secondary N) is 1. The summed E-state index contributed by atoms with van der Waals surface area (Å²) in [4.78, 5) is 33.7. The summed E-state index contributed by atoms with van der Waals surface area (Å²) in [5.74, 6) is -0.545. The molecule has 2 atom stereocenters. The van der Waals surface area contributed by atoms with Crippen molar-refractivity contribution in [3.8, 4) is 0 Å². The van der Waals surface area contributed by atoms with Crippen molar-refractivity contribution in [1.29, 1.82) is 0 Å². The smallest absolute Gasteiger partial charge is 0.463 e. The third-order valence-corrected chi connectivity index (χ3v) is 8.51. The van der Waals surface area contributed by atoms with E-state index in [0.29, 0.717) is 6.42 Å². The Kier molecular flexibility index (Phi) is 32.8. The van der Waals surface area contributed by atoms with Crippen LogP contribution in [-0.4, -0.2) is 54.3 Å². The van der Waals surface area contributed by atoms with Crippen LogP contribution in [0.2, 0.25) is 0 Å². The molecular formula is C37H68NO8P. The number of amides is 1. The lowest BCUT2D eigenvalue weighted by molar-refractivity contribution is -0.147. The number of hydrogen-bond donors (Lipinski definition) is 3. The molecule has 1 amide bonds. The molecule has 47 heavy (non-hydrogen) atoms. The summed E-state index contributed by atoms with van der Waals surface area (Å²) < 4.78 is 26.7. The SMILES string of the molecule is CCC/C=C\CCCCCCCC(=O)NCCOP(=O)(O)OCC(O)COC(=O)CCCCCCC/C=C\C/C=C\CCCCCC. The Balaban J connectivity index is 3.67. The normalized spacial score (nSPS) is 13.9. The Labute approximate surface area is 286 Å². The Bertz CT molecular complexity index is 876. The molecule has 0 aromatic rings. The molecule has 10 heteroatoms. The highest BCUT2D eigenvalue weighted by Crippen LogP contribution is 2.42. The summed E-state index contributed by atoms with van der Waals surface area (Å²) in [5.41, 5.74) is 0. The number of hydrogen-bond acceptors (Lipinski definition) is 7. The molecular weight excluding hydrogens is 617 g/mol. The first-order chi connectivity index (χ1) is 22.8. The van der Waals surface area contributed by atoms with Crippen LogP contribution in [0.1, 0.15) is 155 Å². The Morgan fingerprint density at radius 3 is 1.81 bits per heavy atom. The zero-order valence-electron chi connectivity index (χ0n) is 29.7. The lowest BCUT2D eigenvalue weighted by Crippen LogP contribution is -2.27. The van der Waals surface area contributed by atoms with Gasteiger partial charge in [-0.25, -0.2) is 4.57 Å². The highest BCUT2D eigenvalue weighted by atomic mass is 31.2. The first-order valence-electron chi connectivity index (χ1n) is 18.5. The lowest BCUT2D eigenvalue weighted by Gasteiger charge is -2.15. The Morgan fingerprint density at radius 1 is 0.660 bits per heavy atom. The second-order valence-corrected chi connectivity index (χ2v) is 13.6. The van der Waals surface area contributed by atoms with E-state index in [1.165, 1.54) is 44.9 Å². The van der Waals surface area contributed by atoms with Gasteiger partial charge in [0, 0.05) is 19.4 Å². The van der Waals surface area contributed by atoms with Crippen LogP contribution in [0.5, 0.6) is 0 Å². The van der Waals surface area contributed by atoms with Gasteiger partial charge in [-0.15, -0.1) is 0 Å². The molecule has 0 aliphatic rings. The number of phosphoric acid groups is 1. The number of aliphatic hydroxyl groups is 1. The average Bonchev–Trinajstić information content (AvgIpc) is 3.05. The lowest BCUT2D eigenvalue weighted by atomic mass is 10.1. The first kappa shape index (κ1) is 45.2. The maximum absolute atomic E-state index is 12.0. The maximum atomic E-state index is 12.0. The van der Waals surface area contributed by atoms with Gasteiger partial charge >= 0.3 is 13.8 Å². The fourth-order valence-corrected chi connectivity index (χ4v) is 5.46. The van der Waals surface area contributed by atoms with E-state index >= 15 is 0 Å². The summed E-state index contributed by atoms with van der Waals surface area (Å²) in [7, 11) is -4.41. The van der Waals surface area contributed by atoms with Crippen molar-refractivity contribution < 1.29 is 37.9 Å². The minimum atomic E-state index is -4.41. The molecule has 0 saturated carbocycles. The van der Waals surface area contributed by atoms with E-state index in [4.69, 9.17) is 13.8 Å². The number of carbonyl (C=O) groups is 2. The van der Waals surface area contributed by atoms with Crippen LogP contribution in [0, 0.1) is 0 Å². The number of esters is 1. The van der Waals surface area contributed by atoms with E-state index in [9.17, 15) is 24.2 Å². The predicted octanol–water partition coefficient (Wildman–Crippen LogP) is 9.43. The quantitative estimate of drug-likeness (QED) is 0.0264. The number of rotatable bonds is 34. The monoisotopic (exact) mass is 685 g/mol. The van der Waals surface area contributed by atoms with Crippen molar-refractivity contribution in [1.82, 2.24) is 5.32 Å². The molecule has 0 radical (unpaired) electrons. The van der Waals surface area contributed by atoms with Crippen LogP contribution in [0.4, 0.5) is 0 Å². The molecule has 0 aromatic heterocycles. The topological polar surface area (TPSA) is 131 Å². The molecule has 2 unspecified atom stereocenters. The number of carbonyl (C=O) groups excluding carboxylic acids is 2. The van der Waals surface area contributed by atoms with Gasteiger partial charge < -0.3 is 20.1 Å². The molecule has 0 aliphatic carbocycles. The maximum Gasteiger partial charge on any atom is 0.472 e. The standard InChI is InChI=1S/C37H68NO8P/c1-3-5-7-9-11-13-15-16-17-18-19-20-22-24-26-28-30-37(41)44-33-35(39)34-46-47(42,43)45-32-31-38-36(40)29-27-25-23-21-14-12-10-8-6-4-2/h8,10,13,15,17-18,35,39H,3-7,9,11-12,14,16,19-34H2,1-2H3,(H,38,40)(H,42,43)/b10-8-,15-13-,18-17-. The van der Waals surface area contributed by atoms with Gasteiger partial charge in [0.25, 0.3) is 0 Å². The zero-order valence-corrected chi connectivity index (χ0v) is 30.6. The van der Waals surface area contributed by atoms with Gasteiger partial charge in [0.05, 0.1) is 13.2 Å². The van der Waals surface area contributed by atoms with Crippen molar-refractivity contribution in [3.05, 3.63) is 36.5 Å². The van der Waals surface area contributed by atoms with Gasteiger partial charge in [0.2, 0.25) is 5.91 Å². The predicted molar refractivity (Wildman–Crippen MR) is 192 cm³/mol. The molecule has 274 valence electrons. The van der Waals surface area contributed by atoms with Crippen LogP contribution in [0.25, 0.3) is 0 Å². The van der Waals surface area contributed by atoms with Gasteiger partial charge in [0.15, 0.2) is 0 Å². The van der Waals surface area contributed by atoms with E-state index in [1.807, 2.05) is 0 Å². The van der Waals surface area contributed by atoms with E-state index in [1.54, 1.807) is 0 Å². The third kappa shape index (κ3) is 35.4. The van der Waals surface area contributed by atoms with E-state index < -0.39 is 26.5 Å². The minimum absolute atomic E-state index is 0.0746. The summed E-state index contributed by atoms with van der Waals surface area (Å²) in [6, 6.07) is 0. The van der Waals surface area contributed by atoms with Crippen molar-refractivity contribution in [2.45, 2.75) is 161 Å². The van der Waals surface area contributed by atoms with Crippen LogP contribution in [0.15, 0.2) is 36.5 Å². The van der Waals surface area contributed by atoms with E-state index in [-0.39, 0.29) is 32.1 Å². The molecule has 0 spiro atoms. The summed E-state index contributed by atoms with van der Waals surface area (Å²) in [5, 5.41) is 12.6. The largest absolute Gasteiger partial charge is 0.472 e. The van der Waals surface area contributed by atoms with Crippen LogP contribution < -0.4 is 5.32 Å². The van der Waals surface area contributed by atoms with Crippen LogP contribution >= 0.6 is 7.82 Å². The van der Waals surface area contributed by atoms with E-state index in [0.717, 1.165) is 83.5 Å². The molecule has 0 fully saturated rings. The first-order valence-corrected chi connectivity index (χ1v) is 20.0. The van der Waals surface area contributed by atoms with Gasteiger partial charge in [-0.05, 0) is 64.2 Å². The summed E-state index contributed by atoms with van der Waals surface area (Å²) in [6.45, 7) is 3.42. The van der Waals surface area contributed by atoms with Crippen molar-refractivity contribution >= 4 is 19.7 Å². The Hall–Kier alpha value is -1.77. The molecule has 0 aromatic carbocycles. The van der Waals surface area contributed by atoms with Crippen LogP contribution in [-0.2, 0) is 27.9 Å². The molecule has 0 bridgehead atoms.